The summed E-state index contributed by atoms with van der Waals surface area (Å²) in [6, 6.07) is 24.6. The average Bonchev–Trinajstić information content (AvgIpc) is 3.42. The van der Waals surface area contributed by atoms with Crippen molar-refractivity contribution in [3.63, 3.8) is 0 Å². The SMILES string of the molecule is O=C(Nc1ccc(C(=O)c2ccc(-n3ccc4c3CCCC4)cc2)cc1)c1ccc(N2CCC(O)CC2)cc1. The number of anilines is 2. The van der Waals surface area contributed by atoms with Gasteiger partial charge in [-0.3, -0.25) is 9.59 Å². The van der Waals surface area contributed by atoms with Crippen LogP contribution in [0.4, 0.5) is 11.4 Å². The van der Waals surface area contributed by atoms with Crippen molar-refractivity contribution in [2.75, 3.05) is 23.3 Å². The number of aryl methyl sites for hydroxylation is 1. The summed E-state index contributed by atoms with van der Waals surface area (Å²) < 4.78 is 2.24. The van der Waals surface area contributed by atoms with Crippen LogP contribution in [0, 0.1) is 0 Å². The second-order valence-electron chi connectivity index (χ2n) is 10.5. The highest BCUT2D eigenvalue weighted by molar-refractivity contribution is 6.09. The first-order valence-corrected chi connectivity index (χ1v) is 13.8. The van der Waals surface area contributed by atoms with Gasteiger partial charge in [0.1, 0.15) is 0 Å². The highest BCUT2D eigenvalue weighted by Gasteiger charge is 2.18. The van der Waals surface area contributed by atoms with Gasteiger partial charge in [-0.15, -0.1) is 0 Å². The Hall–Kier alpha value is -4.16. The molecule has 0 radical (unpaired) electrons. The summed E-state index contributed by atoms with van der Waals surface area (Å²) in [7, 11) is 0. The molecule has 0 spiro atoms. The Morgan fingerprint density at radius 3 is 2.00 bits per heavy atom. The van der Waals surface area contributed by atoms with Crippen LogP contribution >= 0.6 is 0 Å². The summed E-state index contributed by atoms with van der Waals surface area (Å²) >= 11 is 0. The summed E-state index contributed by atoms with van der Waals surface area (Å²) in [6.45, 7) is 1.63. The zero-order valence-corrected chi connectivity index (χ0v) is 22.0. The van der Waals surface area contributed by atoms with Crippen molar-refractivity contribution in [1.29, 1.82) is 0 Å². The number of hydrogen-bond donors (Lipinski definition) is 2. The van der Waals surface area contributed by atoms with E-state index in [4.69, 9.17) is 0 Å². The number of nitrogens with zero attached hydrogens (tertiary/aromatic N) is 2. The molecule has 1 saturated heterocycles. The van der Waals surface area contributed by atoms with E-state index in [2.05, 4.69) is 27.0 Å². The molecule has 39 heavy (non-hydrogen) atoms. The van der Waals surface area contributed by atoms with Gasteiger partial charge in [0.25, 0.3) is 5.91 Å². The molecule has 1 aromatic heterocycles. The van der Waals surface area contributed by atoms with Crippen LogP contribution in [0.3, 0.4) is 0 Å². The van der Waals surface area contributed by atoms with E-state index in [0.29, 0.717) is 22.4 Å². The lowest BCUT2D eigenvalue weighted by molar-refractivity contribution is 0.102. The first kappa shape index (κ1) is 25.1. The smallest absolute Gasteiger partial charge is 0.255 e. The van der Waals surface area contributed by atoms with Crippen LogP contribution in [-0.4, -0.2) is 40.6 Å². The molecule has 0 saturated carbocycles. The number of aliphatic hydroxyl groups is 1. The number of carbonyl (C=O) groups is 2. The molecule has 0 unspecified atom stereocenters. The Labute approximate surface area is 228 Å². The average molecular weight is 520 g/mol. The van der Waals surface area contributed by atoms with Crippen molar-refractivity contribution in [3.8, 4) is 5.69 Å². The highest BCUT2D eigenvalue weighted by Crippen LogP contribution is 2.26. The molecule has 4 aromatic rings. The molecule has 1 aliphatic carbocycles. The van der Waals surface area contributed by atoms with Crippen molar-refractivity contribution in [2.45, 2.75) is 44.6 Å². The number of hydrogen-bond acceptors (Lipinski definition) is 4. The lowest BCUT2D eigenvalue weighted by atomic mass is 9.98. The van der Waals surface area contributed by atoms with E-state index >= 15 is 0 Å². The molecule has 6 heteroatoms. The van der Waals surface area contributed by atoms with E-state index in [1.165, 1.54) is 24.1 Å². The molecule has 3 aromatic carbocycles. The van der Waals surface area contributed by atoms with Crippen LogP contribution < -0.4 is 10.2 Å². The minimum atomic E-state index is -0.214. The Morgan fingerprint density at radius 2 is 1.31 bits per heavy atom. The lowest BCUT2D eigenvalue weighted by Gasteiger charge is -2.31. The number of nitrogens with one attached hydrogen (secondary N) is 1. The van der Waals surface area contributed by atoms with E-state index in [1.54, 1.807) is 24.3 Å². The fraction of sp³-hybridized carbons (Fsp3) is 0.273. The van der Waals surface area contributed by atoms with Crippen LogP contribution in [0.2, 0.25) is 0 Å². The molecule has 2 N–H and O–H groups in total. The summed E-state index contributed by atoms with van der Waals surface area (Å²) in [5, 5.41) is 12.6. The van der Waals surface area contributed by atoms with Crippen LogP contribution in [0.25, 0.3) is 5.69 Å². The molecule has 6 nitrogen and oxygen atoms in total. The van der Waals surface area contributed by atoms with Crippen molar-refractivity contribution < 1.29 is 14.7 Å². The largest absolute Gasteiger partial charge is 0.393 e. The van der Waals surface area contributed by atoms with Crippen LogP contribution in [0.5, 0.6) is 0 Å². The minimum Gasteiger partial charge on any atom is -0.393 e. The monoisotopic (exact) mass is 519 g/mol. The number of amides is 1. The third-order valence-corrected chi connectivity index (χ3v) is 7.97. The number of benzene rings is 3. The van der Waals surface area contributed by atoms with E-state index in [1.807, 2.05) is 48.5 Å². The van der Waals surface area contributed by atoms with Crippen molar-refractivity contribution >= 4 is 23.1 Å². The maximum Gasteiger partial charge on any atom is 0.255 e. The van der Waals surface area contributed by atoms with Gasteiger partial charge in [0.15, 0.2) is 5.78 Å². The van der Waals surface area contributed by atoms with Gasteiger partial charge in [0, 0.05) is 58.7 Å². The standard InChI is InChI=1S/C33H33N3O3/c37-30-18-20-35(21-19-30)28-13-9-26(10-14-28)33(39)34-27-11-5-24(6-12-27)32(38)25-7-15-29(16-8-25)36-22-17-23-3-1-2-4-31(23)36/h5-17,22,30,37H,1-4,18-21H2,(H,34,39). The molecule has 2 aliphatic rings. The quantitative estimate of drug-likeness (QED) is 0.316. The van der Waals surface area contributed by atoms with Crippen molar-refractivity contribution in [2.24, 2.45) is 0 Å². The third-order valence-electron chi connectivity index (χ3n) is 7.97. The lowest BCUT2D eigenvalue weighted by Crippen LogP contribution is -2.35. The Morgan fingerprint density at radius 1 is 0.718 bits per heavy atom. The number of fused-ring (bicyclic) bond motifs is 1. The molecule has 1 fully saturated rings. The number of aromatic nitrogens is 1. The van der Waals surface area contributed by atoms with Gasteiger partial charge in [-0.2, -0.15) is 0 Å². The van der Waals surface area contributed by atoms with E-state index < -0.39 is 0 Å². The second kappa shape index (κ2) is 10.9. The predicted octanol–water partition coefficient (Wildman–Crippen LogP) is 5.80. The number of ketones is 1. The molecule has 1 aliphatic heterocycles. The predicted molar refractivity (Wildman–Crippen MR) is 154 cm³/mol. The summed E-state index contributed by atoms with van der Waals surface area (Å²) in [6.07, 6.45) is 8.17. The van der Waals surface area contributed by atoms with Gasteiger partial charge in [-0.05, 0) is 123 Å². The van der Waals surface area contributed by atoms with Gasteiger partial charge in [0.2, 0.25) is 0 Å². The molecule has 0 bridgehead atoms. The number of rotatable bonds is 6. The number of piperidine rings is 1. The van der Waals surface area contributed by atoms with Gasteiger partial charge < -0.3 is 19.9 Å². The van der Waals surface area contributed by atoms with Crippen LogP contribution in [-0.2, 0) is 12.8 Å². The minimum absolute atomic E-state index is 0.0465. The second-order valence-corrected chi connectivity index (χ2v) is 10.5. The molecule has 2 heterocycles. The molecular weight excluding hydrogens is 486 g/mol. The Kier molecular flexibility index (Phi) is 7.03. The first-order valence-electron chi connectivity index (χ1n) is 13.8. The Bertz CT molecular complexity index is 1460. The molecule has 6 rings (SSSR count). The van der Waals surface area contributed by atoms with Gasteiger partial charge in [-0.1, -0.05) is 0 Å². The van der Waals surface area contributed by atoms with E-state index in [-0.39, 0.29) is 17.8 Å². The van der Waals surface area contributed by atoms with Gasteiger partial charge in [0.05, 0.1) is 6.10 Å². The third kappa shape index (κ3) is 5.38. The van der Waals surface area contributed by atoms with Crippen molar-refractivity contribution in [3.05, 3.63) is 113 Å². The maximum atomic E-state index is 13.1. The summed E-state index contributed by atoms with van der Waals surface area (Å²) in [4.78, 5) is 28.1. The van der Waals surface area contributed by atoms with E-state index in [9.17, 15) is 14.7 Å². The number of aliphatic hydroxyl groups excluding tert-OH is 1. The normalized spacial score (nSPS) is 15.6. The fourth-order valence-corrected chi connectivity index (χ4v) is 5.66. The first-order chi connectivity index (χ1) is 19.0. The maximum absolute atomic E-state index is 13.1. The molecular formula is C33H33N3O3. The van der Waals surface area contributed by atoms with E-state index in [0.717, 1.165) is 50.1 Å². The van der Waals surface area contributed by atoms with Gasteiger partial charge in [-0.25, -0.2) is 0 Å². The Balaban J connectivity index is 1.08. The molecule has 198 valence electrons. The number of carbonyl (C=O) groups excluding carboxylic acids is 2. The summed E-state index contributed by atoms with van der Waals surface area (Å²) in [5.41, 5.74) is 7.38. The fourth-order valence-electron chi connectivity index (χ4n) is 5.66. The summed E-state index contributed by atoms with van der Waals surface area (Å²) in [5.74, 6) is -0.243. The molecule has 1 amide bonds. The van der Waals surface area contributed by atoms with Crippen molar-refractivity contribution in [1.82, 2.24) is 4.57 Å². The van der Waals surface area contributed by atoms with Crippen LogP contribution in [0.15, 0.2) is 85.1 Å². The van der Waals surface area contributed by atoms with Crippen LogP contribution in [0.1, 0.15) is 63.2 Å². The molecule has 0 atom stereocenters. The van der Waals surface area contributed by atoms with Gasteiger partial charge >= 0.3 is 0 Å². The topological polar surface area (TPSA) is 74.6 Å². The highest BCUT2D eigenvalue weighted by atomic mass is 16.3. The zero-order chi connectivity index (χ0) is 26.8. The zero-order valence-electron chi connectivity index (χ0n) is 22.0.